The maximum Gasteiger partial charge on any atom is 0.336 e. The number of methoxy groups -OCH3 is 2. The molecule has 0 fully saturated rings. The van der Waals surface area contributed by atoms with Gasteiger partial charge in [0, 0.05) is 33.3 Å². The lowest BCUT2D eigenvalue weighted by Crippen LogP contribution is -2.43. The third-order valence-corrected chi connectivity index (χ3v) is 7.32. The number of ketones is 1. The second-order valence-corrected chi connectivity index (χ2v) is 9.12. The highest BCUT2D eigenvalue weighted by atomic mass is 32.1. The number of allylic oxidation sites excluding steroid dienone is 3. The van der Waals surface area contributed by atoms with Crippen LogP contribution in [0.5, 0.6) is 5.75 Å². The van der Waals surface area contributed by atoms with Crippen LogP contribution in [0.1, 0.15) is 42.5 Å². The van der Waals surface area contributed by atoms with Crippen molar-refractivity contribution in [2.24, 2.45) is 5.92 Å². The Bertz CT molecular complexity index is 1180. The summed E-state index contributed by atoms with van der Waals surface area (Å²) in [5, 5.41) is 5.21. The van der Waals surface area contributed by atoms with Gasteiger partial charge in [0.05, 0.1) is 32.3 Å². The van der Waals surface area contributed by atoms with E-state index < -0.39 is 23.8 Å². The van der Waals surface area contributed by atoms with Crippen LogP contribution >= 0.6 is 11.3 Å². The highest BCUT2D eigenvalue weighted by molar-refractivity contribution is 7.10. The molecule has 2 aliphatic rings. The first-order chi connectivity index (χ1) is 16.4. The molecule has 0 unspecified atom stereocenters. The van der Waals surface area contributed by atoms with Gasteiger partial charge in [0.2, 0.25) is 0 Å². The van der Waals surface area contributed by atoms with Gasteiger partial charge in [0.1, 0.15) is 11.7 Å². The molecular weight excluding hydrogens is 454 g/mol. The number of Topliss-reactive ketones (excluding diaryl/α,β-unsaturated/α-hetero) is 1. The van der Waals surface area contributed by atoms with E-state index in [1.807, 2.05) is 48.7 Å². The summed E-state index contributed by atoms with van der Waals surface area (Å²) >= 11 is 1.50. The van der Waals surface area contributed by atoms with Gasteiger partial charge in [-0.3, -0.25) is 9.59 Å². The highest BCUT2D eigenvalue weighted by Crippen LogP contribution is 2.50. The second-order valence-electron chi connectivity index (χ2n) is 8.14. The number of esters is 2. The Morgan fingerprint density at radius 2 is 1.88 bits per heavy atom. The van der Waals surface area contributed by atoms with Crippen molar-refractivity contribution in [1.82, 2.24) is 5.32 Å². The quantitative estimate of drug-likeness (QED) is 0.491. The van der Waals surface area contributed by atoms with Crippen LogP contribution in [0.2, 0.25) is 0 Å². The molecule has 1 aliphatic heterocycles. The van der Waals surface area contributed by atoms with Crippen LogP contribution in [0.4, 0.5) is 0 Å². The Kier molecular flexibility index (Phi) is 6.88. The first-order valence-corrected chi connectivity index (χ1v) is 12.0. The third-order valence-electron chi connectivity index (χ3n) is 6.32. The van der Waals surface area contributed by atoms with Gasteiger partial charge in [-0.2, -0.15) is 0 Å². The molecule has 34 heavy (non-hydrogen) atoms. The van der Waals surface area contributed by atoms with Gasteiger partial charge in [-0.1, -0.05) is 24.3 Å². The molecule has 1 aromatic carbocycles. The van der Waals surface area contributed by atoms with Crippen molar-refractivity contribution in [1.29, 1.82) is 0 Å². The number of para-hydroxylation sites is 1. The molecule has 1 N–H and O–H groups in total. The van der Waals surface area contributed by atoms with Crippen LogP contribution < -0.4 is 10.1 Å². The molecule has 0 bridgehead atoms. The number of hydrogen-bond donors (Lipinski definition) is 1. The topological polar surface area (TPSA) is 90.9 Å². The van der Waals surface area contributed by atoms with Crippen LogP contribution in [0.3, 0.4) is 0 Å². The minimum absolute atomic E-state index is 0.319. The average molecular weight is 482 g/mol. The standard InChI is InChI=1S/C26H27NO6S/c1-5-33-18-10-7-6-9-15(18)21-20(25(29)31-3)14(2)27-17-13-16(19-11-8-12-34-19)22(26(30)32-4)24(28)23(17)21/h6-12,16,21-22,27H,5,13H2,1-4H3/t16-,21+,22+/m1/s1. The van der Waals surface area contributed by atoms with E-state index >= 15 is 0 Å². The zero-order chi connectivity index (χ0) is 24.4. The van der Waals surface area contributed by atoms with Crippen LogP contribution in [0.15, 0.2) is 64.3 Å². The minimum atomic E-state index is -1.01. The summed E-state index contributed by atoms with van der Waals surface area (Å²) in [5.41, 5.74) is 2.67. The van der Waals surface area contributed by atoms with Crippen molar-refractivity contribution in [3.63, 3.8) is 0 Å². The minimum Gasteiger partial charge on any atom is -0.494 e. The highest BCUT2D eigenvalue weighted by Gasteiger charge is 2.49. The Balaban J connectivity index is 1.94. The summed E-state index contributed by atoms with van der Waals surface area (Å²) in [5.74, 6) is -3.03. The molecule has 2 heterocycles. The lowest BCUT2D eigenvalue weighted by atomic mass is 9.68. The van der Waals surface area contributed by atoms with E-state index in [1.54, 1.807) is 6.92 Å². The van der Waals surface area contributed by atoms with E-state index in [0.29, 0.717) is 46.9 Å². The number of ether oxygens (including phenoxy) is 3. The summed E-state index contributed by atoms with van der Waals surface area (Å²) in [6.45, 7) is 4.09. The molecule has 8 heteroatoms. The zero-order valence-electron chi connectivity index (χ0n) is 19.5. The number of dihydropyridines is 1. The SMILES string of the molecule is CCOc1ccccc1[C@H]1C(C(=O)OC)=C(C)NC2=C1C(=O)[C@@H](C(=O)OC)[C@@H](c1cccs1)C2. The number of carbonyl (C=O) groups excluding carboxylic acids is 3. The van der Waals surface area contributed by atoms with Gasteiger partial charge in [-0.25, -0.2) is 4.79 Å². The van der Waals surface area contributed by atoms with E-state index in [1.165, 1.54) is 25.6 Å². The fourth-order valence-corrected chi connectivity index (χ4v) is 5.76. The average Bonchev–Trinajstić information content (AvgIpc) is 3.38. The second kappa shape index (κ2) is 9.85. The largest absolute Gasteiger partial charge is 0.494 e. The van der Waals surface area contributed by atoms with Gasteiger partial charge >= 0.3 is 11.9 Å². The predicted molar refractivity (Wildman–Crippen MR) is 127 cm³/mol. The summed E-state index contributed by atoms with van der Waals surface area (Å²) in [6.07, 6.45) is 0.431. The fourth-order valence-electron chi connectivity index (χ4n) is 4.90. The smallest absolute Gasteiger partial charge is 0.336 e. The van der Waals surface area contributed by atoms with Crippen LogP contribution in [-0.2, 0) is 23.9 Å². The van der Waals surface area contributed by atoms with Crippen LogP contribution in [0.25, 0.3) is 0 Å². The Morgan fingerprint density at radius 3 is 2.53 bits per heavy atom. The molecule has 4 rings (SSSR count). The number of hydrogen-bond acceptors (Lipinski definition) is 8. The number of thiophene rings is 1. The molecule has 3 atom stereocenters. The van der Waals surface area contributed by atoms with Crippen molar-refractivity contribution in [2.45, 2.75) is 32.1 Å². The third kappa shape index (κ3) is 4.03. The van der Waals surface area contributed by atoms with Gasteiger partial charge in [0.25, 0.3) is 0 Å². The predicted octanol–water partition coefficient (Wildman–Crippen LogP) is 4.08. The molecule has 0 amide bonds. The van der Waals surface area contributed by atoms with Gasteiger partial charge in [-0.05, 0) is 37.8 Å². The zero-order valence-corrected chi connectivity index (χ0v) is 20.4. The Hall–Kier alpha value is -3.39. The van der Waals surface area contributed by atoms with E-state index in [0.717, 1.165) is 4.88 Å². The Labute approximate surface area is 202 Å². The number of rotatable bonds is 6. The normalized spacial score (nSPS) is 22.1. The molecule has 0 saturated carbocycles. The summed E-state index contributed by atoms with van der Waals surface area (Å²) in [7, 11) is 2.60. The van der Waals surface area contributed by atoms with E-state index in [-0.39, 0.29) is 11.7 Å². The van der Waals surface area contributed by atoms with Crippen LogP contribution in [0, 0.1) is 5.92 Å². The molecule has 1 aromatic heterocycles. The monoisotopic (exact) mass is 481 g/mol. The lowest BCUT2D eigenvalue weighted by molar-refractivity contribution is -0.149. The first-order valence-electron chi connectivity index (χ1n) is 11.1. The van der Waals surface area contributed by atoms with Gasteiger partial charge in [-0.15, -0.1) is 11.3 Å². The number of nitrogens with one attached hydrogen (secondary N) is 1. The molecule has 0 radical (unpaired) electrons. The summed E-state index contributed by atoms with van der Waals surface area (Å²) < 4.78 is 16.0. The molecule has 2 aromatic rings. The number of benzene rings is 1. The lowest BCUT2D eigenvalue weighted by Gasteiger charge is -2.39. The van der Waals surface area contributed by atoms with Crippen molar-refractivity contribution < 1.29 is 28.6 Å². The molecule has 0 saturated heterocycles. The summed E-state index contributed by atoms with van der Waals surface area (Å²) in [6, 6.07) is 11.2. The first kappa shape index (κ1) is 23.8. The Morgan fingerprint density at radius 1 is 1.12 bits per heavy atom. The van der Waals surface area contributed by atoms with E-state index in [4.69, 9.17) is 14.2 Å². The maximum atomic E-state index is 14.1. The van der Waals surface area contributed by atoms with Crippen molar-refractivity contribution in [3.8, 4) is 5.75 Å². The van der Waals surface area contributed by atoms with Crippen molar-refractivity contribution in [2.75, 3.05) is 20.8 Å². The molecular formula is C26H27NO6S. The van der Waals surface area contributed by atoms with E-state index in [2.05, 4.69) is 5.32 Å². The fraction of sp³-hybridized carbons (Fsp3) is 0.346. The molecule has 0 spiro atoms. The number of carbonyl (C=O) groups is 3. The molecule has 178 valence electrons. The van der Waals surface area contributed by atoms with E-state index in [9.17, 15) is 14.4 Å². The summed E-state index contributed by atoms with van der Waals surface area (Å²) in [4.78, 5) is 40.9. The van der Waals surface area contributed by atoms with Crippen LogP contribution in [-0.4, -0.2) is 38.5 Å². The van der Waals surface area contributed by atoms with Crippen molar-refractivity contribution in [3.05, 3.63) is 74.8 Å². The molecule has 1 aliphatic carbocycles. The maximum absolute atomic E-state index is 14.1. The van der Waals surface area contributed by atoms with Gasteiger partial charge in [0.15, 0.2) is 5.78 Å². The van der Waals surface area contributed by atoms with Gasteiger partial charge < -0.3 is 19.5 Å². The molecule has 7 nitrogen and oxygen atoms in total. The van der Waals surface area contributed by atoms with Crippen molar-refractivity contribution >= 4 is 29.1 Å².